The summed E-state index contributed by atoms with van der Waals surface area (Å²) in [4.78, 5) is 11.1. The molecule has 1 aliphatic heterocycles. The number of fused-ring (bicyclic) bond motifs is 1. The fourth-order valence-electron chi connectivity index (χ4n) is 2.15. The Hall–Kier alpha value is 0.0900. The van der Waals surface area contributed by atoms with E-state index in [0.717, 1.165) is 4.48 Å². The topological polar surface area (TPSA) is 47.6 Å². The number of ether oxygens (including phenoxy) is 2. The Bertz CT molecular complexity index is 370. The third kappa shape index (κ3) is 2.75. The molecule has 2 aliphatic rings. The lowest BCUT2D eigenvalue weighted by atomic mass is 9.97. The zero-order valence-electron chi connectivity index (χ0n) is 9.87. The highest BCUT2D eigenvalue weighted by Gasteiger charge is 2.50. The van der Waals surface area contributed by atoms with Crippen molar-refractivity contribution in [2.24, 2.45) is 0 Å². The largest absolute Gasteiger partial charge is 0.349 e. The van der Waals surface area contributed by atoms with Gasteiger partial charge in [0.15, 0.2) is 5.79 Å². The van der Waals surface area contributed by atoms with Gasteiger partial charge in [-0.15, -0.1) is 0 Å². The summed E-state index contributed by atoms with van der Waals surface area (Å²) in [6.45, 7) is 5.28. The number of hydrogen-bond donors (Lipinski definition) is 1. The summed E-state index contributed by atoms with van der Waals surface area (Å²) >= 11 is 7.07. The van der Waals surface area contributed by atoms with E-state index >= 15 is 0 Å². The molecule has 0 bridgehead atoms. The lowest BCUT2D eigenvalue weighted by molar-refractivity contribution is -0.142. The van der Waals surface area contributed by atoms with Crippen LogP contribution in [0.4, 0.5) is 0 Å². The van der Waals surface area contributed by atoms with Gasteiger partial charge in [-0.25, -0.2) is 0 Å². The second kappa shape index (κ2) is 4.64. The van der Waals surface area contributed by atoms with Crippen molar-refractivity contribution in [2.45, 2.75) is 49.6 Å². The van der Waals surface area contributed by atoms with Gasteiger partial charge >= 0.3 is 0 Å². The number of rotatable bonds is 1. The maximum absolute atomic E-state index is 11.1. The minimum atomic E-state index is -0.598. The summed E-state index contributed by atoms with van der Waals surface area (Å²) in [5.41, 5.74) is 0. The minimum Gasteiger partial charge on any atom is -0.349 e. The number of carbonyl (C=O) groups is 1. The minimum absolute atomic E-state index is 0.000486. The number of halogens is 2. The highest BCUT2D eigenvalue weighted by atomic mass is 79.9. The molecule has 0 spiro atoms. The number of carbonyl (C=O) groups excluding carboxylic acids is 1. The van der Waals surface area contributed by atoms with Crippen LogP contribution in [0.15, 0.2) is 10.6 Å². The molecule has 0 aromatic rings. The first-order chi connectivity index (χ1) is 7.80. The van der Waals surface area contributed by atoms with E-state index in [2.05, 4.69) is 37.2 Å². The summed E-state index contributed by atoms with van der Waals surface area (Å²) in [5.74, 6) is -0.660. The summed E-state index contributed by atoms with van der Waals surface area (Å²) in [7, 11) is 0. The summed E-state index contributed by atoms with van der Waals surface area (Å²) in [5, 5.41) is 2.87. The monoisotopic (exact) mass is 367 g/mol. The normalized spacial score (nSPS) is 39.5. The van der Waals surface area contributed by atoms with Gasteiger partial charge in [0.25, 0.3) is 0 Å². The molecular weight excluding hydrogens is 354 g/mol. The van der Waals surface area contributed by atoms with Gasteiger partial charge in [-0.3, -0.25) is 4.79 Å². The zero-order valence-corrected chi connectivity index (χ0v) is 13.0. The van der Waals surface area contributed by atoms with Gasteiger partial charge in [-0.05, 0) is 19.9 Å². The Morgan fingerprint density at radius 3 is 2.71 bits per heavy atom. The first kappa shape index (κ1) is 13.5. The molecule has 4 nitrogen and oxygen atoms in total. The van der Waals surface area contributed by atoms with E-state index in [1.54, 1.807) is 0 Å². The maximum Gasteiger partial charge on any atom is 0.217 e. The Morgan fingerprint density at radius 2 is 2.12 bits per heavy atom. The van der Waals surface area contributed by atoms with Crippen LogP contribution >= 0.6 is 31.9 Å². The zero-order chi connectivity index (χ0) is 12.8. The number of amides is 1. The second-order valence-corrected chi connectivity index (χ2v) is 6.72. The molecule has 2 rings (SSSR count). The van der Waals surface area contributed by atoms with Crippen molar-refractivity contribution < 1.29 is 14.3 Å². The fraction of sp³-hybridized carbons (Fsp3) is 0.727. The first-order valence-corrected chi connectivity index (χ1v) is 7.15. The van der Waals surface area contributed by atoms with Crippen molar-refractivity contribution in [2.75, 3.05) is 0 Å². The van der Waals surface area contributed by atoms with E-state index in [0.29, 0.717) is 0 Å². The smallest absolute Gasteiger partial charge is 0.217 e. The predicted molar refractivity (Wildman–Crippen MR) is 71.2 cm³/mol. The molecular formula is C11H15Br2NO3. The number of hydrogen-bond acceptors (Lipinski definition) is 3. The second-order valence-electron chi connectivity index (χ2n) is 4.74. The van der Waals surface area contributed by atoms with Crippen molar-refractivity contribution >= 4 is 37.8 Å². The van der Waals surface area contributed by atoms with Crippen molar-refractivity contribution in [1.29, 1.82) is 0 Å². The van der Waals surface area contributed by atoms with Crippen LogP contribution in [0, 0.1) is 0 Å². The van der Waals surface area contributed by atoms with Gasteiger partial charge < -0.3 is 14.8 Å². The Kier molecular flexibility index (Phi) is 3.69. The summed E-state index contributed by atoms with van der Waals surface area (Å²) < 4.78 is 12.6. The molecule has 1 aliphatic carbocycles. The van der Waals surface area contributed by atoms with Crippen LogP contribution in [0.25, 0.3) is 0 Å². The van der Waals surface area contributed by atoms with Crippen LogP contribution in [-0.2, 0) is 14.3 Å². The molecule has 1 amide bonds. The lowest BCUT2D eigenvalue weighted by Gasteiger charge is -2.32. The van der Waals surface area contributed by atoms with Gasteiger partial charge in [0.05, 0.1) is 10.9 Å². The lowest BCUT2D eigenvalue weighted by Crippen LogP contribution is -2.50. The Balaban J connectivity index is 2.21. The van der Waals surface area contributed by atoms with E-state index < -0.39 is 5.79 Å². The van der Waals surface area contributed by atoms with Gasteiger partial charge in [-0.2, -0.15) is 0 Å². The van der Waals surface area contributed by atoms with Crippen molar-refractivity contribution in [3.05, 3.63) is 10.6 Å². The average molecular weight is 369 g/mol. The third-order valence-corrected chi connectivity index (χ3v) is 4.57. The standard InChI is InChI=1S/C11H15Br2NO3/c1-5(15)14-7-4-6(12)9-10(8(7)13)17-11(2,3)16-9/h4,7-10H,1-3H3,(H,14,15)/t7-,8+,9+,10-/m0/s1. The molecule has 1 fully saturated rings. The molecule has 0 unspecified atom stereocenters. The highest BCUT2D eigenvalue weighted by molar-refractivity contribution is 9.11. The van der Waals surface area contributed by atoms with Crippen molar-refractivity contribution in [3.63, 3.8) is 0 Å². The van der Waals surface area contributed by atoms with Crippen LogP contribution < -0.4 is 5.32 Å². The van der Waals surface area contributed by atoms with Crippen LogP contribution in [0.3, 0.4) is 0 Å². The molecule has 96 valence electrons. The van der Waals surface area contributed by atoms with E-state index in [-0.39, 0.29) is 29.0 Å². The van der Waals surface area contributed by atoms with Crippen molar-refractivity contribution in [1.82, 2.24) is 5.32 Å². The number of nitrogens with one attached hydrogen (secondary N) is 1. The molecule has 1 saturated heterocycles. The van der Waals surface area contributed by atoms with Gasteiger partial charge in [0.2, 0.25) is 5.91 Å². The molecule has 17 heavy (non-hydrogen) atoms. The van der Waals surface area contributed by atoms with E-state index in [1.165, 1.54) is 6.92 Å². The molecule has 1 N–H and O–H groups in total. The molecule has 6 heteroatoms. The van der Waals surface area contributed by atoms with Crippen LogP contribution in [0.5, 0.6) is 0 Å². The summed E-state index contributed by atoms with van der Waals surface area (Å²) in [6.07, 6.45) is 1.73. The van der Waals surface area contributed by atoms with E-state index in [4.69, 9.17) is 9.47 Å². The quantitative estimate of drug-likeness (QED) is 0.721. The third-order valence-electron chi connectivity index (χ3n) is 2.77. The molecule has 0 aromatic heterocycles. The molecule has 1 heterocycles. The van der Waals surface area contributed by atoms with Crippen molar-refractivity contribution in [3.8, 4) is 0 Å². The van der Waals surface area contributed by atoms with Gasteiger partial charge in [0, 0.05) is 11.4 Å². The van der Waals surface area contributed by atoms with Crippen LogP contribution in [0.2, 0.25) is 0 Å². The van der Waals surface area contributed by atoms with E-state index in [1.807, 2.05) is 19.9 Å². The van der Waals surface area contributed by atoms with Gasteiger partial charge in [0.1, 0.15) is 12.2 Å². The number of alkyl halides is 1. The van der Waals surface area contributed by atoms with Crippen LogP contribution in [-0.4, -0.2) is 34.8 Å². The maximum atomic E-state index is 11.1. The SMILES string of the molecule is CC(=O)N[C@H]1C=C(Br)[C@H]2OC(C)(C)O[C@H]2[C@@H]1Br. The Morgan fingerprint density at radius 1 is 1.47 bits per heavy atom. The molecule has 0 aromatic carbocycles. The summed E-state index contributed by atoms with van der Waals surface area (Å²) in [6, 6.07) is -0.0966. The average Bonchev–Trinajstić information content (AvgIpc) is 2.50. The Labute approximate surface area is 117 Å². The highest BCUT2D eigenvalue weighted by Crippen LogP contribution is 2.41. The molecule has 4 atom stereocenters. The molecule has 0 radical (unpaired) electrons. The van der Waals surface area contributed by atoms with Gasteiger partial charge in [-0.1, -0.05) is 31.9 Å². The first-order valence-electron chi connectivity index (χ1n) is 5.44. The fourth-order valence-corrected chi connectivity index (χ4v) is 3.46. The molecule has 0 saturated carbocycles. The van der Waals surface area contributed by atoms with E-state index in [9.17, 15) is 4.79 Å². The van der Waals surface area contributed by atoms with Crippen LogP contribution in [0.1, 0.15) is 20.8 Å². The predicted octanol–water partition coefficient (Wildman–Crippen LogP) is 2.07.